The maximum Gasteiger partial charge on any atom is 0.258 e. The molecule has 5 heteroatoms. The Morgan fingerprint density at radius 2 is 2.17 bits per heavy atom. The summed E-state index contributed by atoms with van der Waals surface area (Å²) in [5.41, 5.74) is 2.55. The molecule has 2 fully saturated rings. The first-order chi connectivity index (χ1) is 11.0. The van der Waals surface area contributed by atoms with E-state index in [2.05, 4.69) is 22.4 Å². The molecule has 2 aromatic heterocycles. The van der Waals surface area contributed by atoms with Crippen molar-refractivity contribution in [1.82, 2.24) is 15.5 Å². The second kappa shape index (κ2) is 5.32. The monoisotopic (exact) mass is 313 g/mol. The summed E-state index contributed by atoms with van der Waals surface area (Å²) in [4.78, 5) is 17.1. The predicted molar refractivity (Wildman–Crippen MR) is 87.1 cm³/mol. The first kappa shape index (κ1) is 14.7. The number of amides is 1. The van der Waals surface area contributed by atoms with Gasteiger partial charge in [-0.2, -0.15) is 0 Å². The number of pyridine rings is 1. The van der Waals surface area contributed by atoms with Gasteiger partial charge in [-0.25, -0.2) is 4.98 Å². The summed E-state index contributed by atoms with van der Waals surface area (Å²) in [6, 6.07) is 2.04. The first-order valence-corrected chi connectivity index (χ1v) is 8.57. The molecule has 5 nitrogen and oxygen atoms in total. The Bertz CT molecular complexity index is 767. The van der Waals surface area contributed by atoms with Gasteiger partial charge in [0, 0.05) is 11.7 Å². The van der Waals surface area contributed by atoms with Crippen LogP contribution in [0.2, 0.25) is 0 Å². The Morgan fingerprint density at radius 1 is 1.35 bits per heavy atom. The second-order valence-electron chi connectivity index (χ2n) is 7.36. The van der Waals surface area contributed by atoms with Crippen molar-refractivity contribution in [2.24, 2.45) is 17.8 Å². The molecule has 0 aromatic carbocycles. The topological polar surface area (TPSA) is 68.0 Å². The van der Waals surface area contributed by atoms with Gasteiger partial charge in [-0.15, -0.1) is 0 Å². The van der Waals surface area contributed by atoms with Crippen molar-refractivity contribution >= 4 is 17.0 Å². The van der Waals surface area contributed by atoms with Gasteiger partial charge in [0.1, 0.15) is 0 Å². The maximum atomic E-state index is 12.8. The zero-order valence-electron chi connectivity index (χ0n) is 13.9. The van der Waals surface area contributed by atoms with Crippen LogP contribution < -0.4 is 5.32 Å². The van der Waals surface area contributed by atoms with Crippen molar-refractivity contribution in [2.45, 2.75) is 52.5 Å². The van der Waals surface area contributed by atoms with Gasteiger partial charge in [-0.05, 0) is 63.9 Å². The Balaban J connectivity index is 1.58. The summed E-state index contributed by atoms with van der Waals surface area (Å²) < 4.78 is 5.22. The quantitative estimate of drug-likeness (QED) is 0.943. The number of carbonyl (C=O) groups is 1. The lowest BCUT2D eigenvalue weighted by molar-refractivity contribution is 0.0916. The number of nitrogens with zero attached hydrogens (tertiary/aromatic N) is 2. The van der Waals surface area contributed by atoms with Crippen molar-refractivity contribution < 1.29 is 9.32 Å². The molecule has 2 heterocycles. The maximum absolute atomic E-state index is 12.8. The molecule has 2 bridgehead atoms. The van der Waals surface area contributed by atoms with Crippen molar-refractivity contribution in [3.63, 3.8) is 0 Å². The fourth-order valence-electron chi connectivity index (χ4n) is 4.69. The minimum atomic E-state index is -0.0397. The van der Waals surface area contributed by atoms with Gasteiger partial charge >= 0.3 is 0 Å². The normalized spacial score (nSPS) is 27.5. The van der Waals surface area contributed by atoms with E-state index in [-0.39, 0.29) is 11.9 Å². The number of carbonyl (C=O) groups excluding carboxylic acids is 1. The van der Waals surface area contributed by atoms with E-state index in [9.17, 15) is 4.79 Å². The highest BCUT2D eigenvalue weighted by Gasteiger charge is 2.42. The average Bonchev–Trinajstić information content (AvgIpc) is 3.22. The third-order valence-electron chi connectivity index (χ3n) is 5.78. The Kier molecular flexibility index (Phi) is 3.39. The van der Waals surface area contributed by atoms with Crippen molar-refractivity contribution in [1.29, 1.82) is 0 Å². The van der Waals surface area contributed by atoms with Crippen LogP contribution in [0.25, 0.3) is 11.1 Å². The third kappa shape index (κ3) is 2.42. The van der Waals surface area contributed by atoms with E-state index >= 15 is 0 Å². The molecule has 2 aliphatic carbocycles. The zero-order valence-corrected chi connectivity index (χ0v) is 13.9. The number of fused-ring (bicyclic) bond motifs is 3. The molecule has 0 unspecified atom stereocenters. The van der Waals surface area contributed by atoms with Crippen LogP contribution in [0.1, 0.15) is 54.4 Å². The molecule has 0 saturated heterocycles. The molecule has 0 spiro atoms. The van der Waals surface area contributed by atoms with Crippen LogP contribution in [-0.2, 0) is 0 Å². The average molecular weight is 313 g/mol. The van der Waals surface area contributed by atoms with Crippen LogP contribution in [-0.4, -0.2) is 22.1 Å². The summed E-state index contributed by atoms with van der Waals surface area (Å²) >= 11 is 0. The molecule has 0 radical (unpaired) electrons. The van der Waals surface area contributed by atoms with Gasteiger partial charge in [-0.3, -0.25) is 4.79 Å². The van der Waals surface area contributed by atoms with Crippen LogP contribution in [0.5, 0.6) is 0 Å². The summed E-state index contributed by atoms with van der Waals surface area (Å²) in [6.07, 6.45) is 5.34. The smallest absolute Gasteiger partial charge is 0.258 e. The molecule has 2 aromatic rings. The Hall–Kier alpha value is -1.91. The van der Waals surface area contributed by atoms with Crippen LogP contribution in [0, 0.1) is 31.6 Å². The fourth-order valence-corrected chi connectivity index (χ4v) is 4.69. The van der Waals surface area contributed by atoms with Gasteiger partial charge in [-0.1, -0.05) is 11.6 Å². The van der Waals surface area contributed by atoms with Crippen molar-refractivity contribution in [3.05, 3.63) is 23.0 Å². The van der Waals surface area contributed by atoms with Gasteiger partial charge in [0.2, 0.25) is 0 Å². The Labute approximate surface area is 135 Å². The van der Waals surface area contributed by atoms with Crippen LogP contribution in [0.4, 0.5) is 0 Å². The summed E-state index contributed by atoms with van der Waals surface area (Å²) in [5.74, 6) is 2.27. The molecule has 122 valence electrons. The lowest BCUT2D eigenvalue weighted by atomic mass is 9.84. The van der Waals surface area contributed by atoms with Gasteiger partial charge in [0.05, 0.1) is 16.6 Å². The number of rotatable bonds is 3. The van der Waals surface area contributed by atoms with Crippen LogP contribution in [0.15, 0.2) is 10.6 Å². The van der Waals surface area contributed by atoms with E-state index in [1.807, 2.05) is 19.9 Å². The predicted octanol–water partition coefficient (Wildman–Crippen LogP) is 3.39. The van der Waals surface area contributed by atoms with Crippen LogP contribution >= 0.6 is 0 Å². The molecule has 23 heavy (non-hydrogen) atoms. The minimum Gasteiger partial charge on any atom is -0.349 e. The molecular weight excluding hydrogens is 290 g/mol. The standard InChI is InChI=1S/C18H23N3O2/c1-9-6-15(16-11(3)21-23-18(16)19-9)17(22)20-10(2)14-8-12-4-5-13(14)7-12/h6,10,12-14H,4-5,7-8H2,1-3H3,(H,20,22)/t10-,12+,13+,14+/m0/s1. The molecule has 0 aliphatic heterocycles. The third-order valence-corrected chi connectivity index (χ3v) is 5.78. The molecule has 4 rings (SSSR count). The number of nitrogens with one attached hydrogen (secondary N) is 1. The fraction of sp³-hybridized carbons (Fsp3) is 0.611. The van der Waals surface area contributed by atoms with E-state index in [1.165, 1.54) is 25.7 Å². The minimum absolute atomic E-state index is 0.0397. The van der Waals surface area contributed by atoms with Gasteiger partial charge in [0.15, 0.2) is 0 Å². The SMILES string of the molecule is Cc1cc(C(=O)N[C@@H](C)[C@H]2C[C@@H]3CC[C@@H]2C3)c2c(C)noc2n1. The summed E-state index contributed by atoms with van der Waals surface area (Å²) in [7, 11) is 0. The number of aryl methyl sites for hydroxylation is 2. The summed E-state index contributed by atoms with van der Waals surface area (Å²) in [5, 5.41) is 7.90. The zero-order chi connectivity index (χ0) is 16.1. The van der Waals surface area contributed by atoms with Gasteiger partial charge in [0.25, 0.3) is 11.6 Å². The summed E-state index contributed by atoms with van der Waals surface area (Å²) in [6.45, 7) is 5.86. The van der Waals surface area contributed by atoms with E-state index in [0.717, 1.165) is 22.9 Å². The molecular formula is C18H23N3O2. The highest BCUT2D eigenvalue weighted by atomic mass is 16.5. The largest absolute Gasteiger partial charge is 0.349 e. The number of hydrogen-bond acceptors (Lipinski definition) is 4. The molecule has 2 saturated carbocycles. The van der Waals surface area contributed by atoms with Crippen molar-refractivity contribution in [2.75, 3.05) is 0 Å². The molecule has 4 atom stereocenters. The van der Waals surface area contributed by atoms with Crippen molar-refractivity contribution in [3.8, 4) is 0 Å². The van der Waals surface area contributed by atoms with E-state index in [1.54, 1.807) is 0 Å². The lowest BCUT2D eigenvalue weighted by Gasteiger charge is -2.28. The molecule has 1 amide bonds. The van der Waals surface area contributed by atoms with E-state index < -0.39 is 0 Å². The second-order valence-corrected chi connectivity index (χ2v) is 7.36. The Morgan fingerprint density at radius 3 is 2.87 bits per heavy atom. The molecule has 2 aliphatic rings. The van der Waals surface area contributed by atoms with Gasteiger partial charge < -0.3 is 9.84 Å². The van der Waals surface area contributed by atoms with E-state index in [0.29, 0.717) is 22.9 Å². The highest BCUT2D eigenvalue weighted by Crippen LogP contribution is 2.49. The lowest BCUT2D eigenvalue weighted by Crippen LogP contribution is -2.40. The van der Waals surface area contributed by atoms with E-state index in [4.69, 9.17) is 4.52 Å². The van der Waals surface area contributed by atoms with Crippen LogP contribution in [0.3, 0.4) is 0 Å². The highest BCUT2D eigenvalue weighted by molar-refractivity contribution is 6.06. The number of hydrogen-bond donors (Lipinski definition) is 1. The first-order valence-electron chi connectivity index (χ1n) is 8.57. The number of aromatic nitrogens is 2. The molecule has 1 N–H and O–H groups in total.